The van der Waals surface area contributed by atoms with Gasteiger partial charge in [0.25, 0.3) is 5.91 Å². The highest BCUT2D eigenvalue weighted by Gasteiger charge is 2.24. The molecule has 0 spiro atoms. The Hall–Kier alpha value is -2.90. The molecular formula is C21H25NO6. The van der Waals surface area contributed by atoms with Gasteiger partial charge in [0.05, 0.1) is 6.61 Å². The van der Waals surface area contributed by atoms with Gasteiger partial charge in [0.2, 0.25) is 0 Å². The summed E-state index contributed by atoms with van der Waals surface area (Å²) in [7, 11) is 0. The molecule has 0 saturated carbocycles. The summed E-state index contributed by atoms with van der Waals surface area (Å²) in [5.41, 5.74) is 1.06. The van der Waals surface area contributed by atoms with Crippen LogP contribution < -0.4 is 10.1 Å². The fraction of sp³-hybridized carbons (Fsp3) is 0.333. The Balaban J connectivity index is 2.08. The van der Waals surface area contributed by atoms with Crippen LogP contribution in [-0.2, 0) is 4.74 Å². The van der Waals surface area contributed by atoms with Crippen LogP contribution in [0.5, 0.6) is 5.75 Å². The largest absolute Gasteiger partial charge is 0.491 e. The first kappa shape index (κ1) is 21.4. The lowest BCUT2D eigenvalue weighted by molar-refractivity contribution is 0.0545. The standard InChI is InChI=1S/C21H25NO6/c1-15(11-12-23)19(16-7-9-18(10-8-16)27-14-13-24)28-21(26)22-20(25)17-5-3-2-4-6-17/h2-10,15,19,23-24H,11-14H2,1H3,(H,22,25,26)/t15-,19-/m1/s1. The Bertz CT molecular complexity index is 747. The van der Waals surface area contributed by atoms with E-state index < -0.39 is 18.1 Å². The molecular weight excluding hydrogens is 362 g/mol. The van der Waals surface area contributed by atoms with Crippen molar-refractivity contribution in [3.63, 3.8) is 0 Å². The third kappa shape index (κ3) is 6.37. The van der Waals surface area contributed by atoms with Crippen LogP contribution in [0, 0.1) is 5.92 Å². The van der Waals surface area contributed by atoms with Gasteiger partial charge in [-0.15, -0.1) is 0 Å². The monoisotopic (exact) mass is 387 g/mol. The van der Waals surface area contributed by atoms with E-state index in [-0.39, 0.29) is 25.7 Å². The minimum atomic E-state index is -0.857. The Morgan fingerprint density at radius 1 is 1.00 bits per heavy atom. The summed E-state index contributed by atoms with van der Waals surface area (Å²) in [6, 6.07) is 15.3. The molecule has 0 radical (unpaired) electrons. The first-order valence-corrected chi connectivity index (χ1v) is 9.06. The van der Waals surface area contributed by atoms with Crippen molar-refractivity contribution in [2.24, 2.45) is 5.92 Å². The summed E-state index contributed by atoms with van der Waals surface area (Å²) in [5.74, 6) is -0.145. The van der Waals surface area contributed by atoms with E-state index in [9.17, 15) is 14.7 Å². The molecule has 7 heteroatoms. The lowest BCUT2D eigenvalue weighted by Crippen LogP contribution is -2.33. The van der Waals surface area contributed by atoms with Crippen LogP contribution in [0.2, 0.25) is 0 Å². The average Bonchev–Trinajstić information content (AvgIpc) is 2.71. The smallest absolute Gasteiger partial charge is 0.414 e. The van der Waals surface area contributed by atoms with E-state index in [1.807, 2.05) is 6.92 Å². The van der Waals surface area contributed by atoms with Gasteiger partial charge in [0.1, 0.15) is 18.5 Å². The molecule has 0 fully saturated rings. The van der Waals surface area contributed by atoms with Crippen molar-refractivity contribution in [1.29, 1.82) is 0 Å². The fourth-order valence-corrected chi connectivity index (χ4v) is 2.68. The molecule has 0 aliphatic carbocycles. The van der Waals surface area contributed by atoms with Crippen molar-refractivity contribution in [2.75, 3.05) is 19.8 Å². The second-order valence-electron chi connectivity index (χ2n) is 6.28. The van der Waals surface area contributed by atoms with Gasteiger partial charge in [-0.1, -0.05) is 37.3 Å². The van der Waals surface area contributed by atoms with Crippen LogP contribution in [0.4, 0.5) is 4.79 Å². The number of hydrogen-bond donors (Lipinski definition) is 3. The van der Waals surface area contributed by atoms with Crippen LogP contribution in [0.15, 0.2) is 54.6 Å². The molecule has 0 aliphatic rings. The number of alkyl carbamates (subject to hydrolysis) is 1. The van der Waals surface area contributed by atoms with E-state index in [1.165, 1.54) is 0 Å². The molecule has 2 aromatic rings. The number of imide groups is 1. The zero-order chi connectivity index (χ0) is 20.4. The van der Waals surface area contributed by atoms with Gasteiger partial charge in [-0.3, -0.25) is 10.1 Å². The summed E-state index contributed by atoms with van der Waals surface area (Å²) in [6.07, 6.45) is -1.08. The lowest BCUT2D eigenvalue weighted by Gasteiger charge is -2.24. The lowest BCUT2D eigenvalue weighted by atomic mass is 9.94. The number of carbonyl (C=O) groups is 2. The summed E-state index contributed by atoms with van der Waals surface area (Å²) in [6.45, 7) is 1.90. The minimum absolute atomic E-state index is 0.0523. The van der Waals surface area contributed by atoms with Gasteiger partial charge < -0.3 is 19.7 Å². The molecule has 2 amide bonds. The topological polar surface area (TPSA) is 105 Å². The van der Waals surface area contributed by atoms with E-state index in [4.69, 9.17) is 14.6 Å². The summed E-state index contributed by atoms with van der Waals surface area (Å²) < 4.78 is 10.8. The highest BCUT2D eigenvalue weighted by atomic mass is 16.6. The van der Waals surface area contributed by atoms with Gasteiger partial charge >= 0.3 is 6.09 Å². The van der Waals surface area contributed by atoms with E-state index in [1.54, 1.807) is 54.6 Å². The fourth-order valence-electron chi connectivity index (χ4n) is 2.68. The Morgan fingerprint density at radius 2 is 1.68 bits per heavy atom. The average molecular weight is 387 g/mol. The second-order valence-corrected chi connectivity index (χ2v) is 6.28. The number of amides is 2. The molecule has 2 atom stereocenters. The van der Waals surface area contributed by atoms with Gasteiger partial charge in [0.15, 0.2) is 0 Å². The molecule has 150 valence electrons. The Morgan fingerprint density at radius 3 is 2.29 bits per heavy atom. The molecule has 28 heavy (non-hydrogen) atoms. The predicted octanol–water partition coefficient (Wildman–Crippen LogP) is 2.68. The third-order valence-corrected chi connectivity index (χ3v) is 4.16. The molecule has 3 N–H and O–H groups in total. The molecule has 0 aromatic heterocycles. The van der Waals surface area contributed by atoms with Crippen molar-refractivity contribution < 1.29 is 29.3 Å². The van der Waals surface area contributed by atoms with Crippen molar-refractivity contribution in [2.45, 2.75) is 19.4 Å². The SMILES string of the molecule is C[C@H](CCO)[C@@H](OC(=O)NC(=O)c1ccccc1)c1ccc(OCCO)cc1. The second kappa shape index (κ2) is 11.1. The minimum Gasteiger partial charge on any atom is -0.491 e. The zero-order valence-corrected chi connectivity index (χ0v) is 15.7. The van der Waals surface area contributed by atoms with Crippen molar-refractivity contribution in [3.05, 3.63) is 65.7 Å². The highest BCUT2D eigenvalue weighted by molar-refractivity contribution is 6.02. The van der Waals surface area contributed by atoms with Gasteiger partial charge in [-0.05, 0) is 42.2 Å². The van der Waals surface area contributed by atoms with E-state index in [2.05, 4.69) is 5.32 Å². The molecule has 7 nitrogen and oxygen atoms in total. The molecule has 2 aromatic carbocycles. The summed E-state index contributed by atoms with van der Waals surface area (Å²) in [4.78, 5) is 24.4. The van der Waals surface area contributed by atoms with Crippen LogP contribution in [0.3, 0.4) is 0 Å². The third-order valence-electron chi connectivity index (χ3n) is 4.16. The van der Waals surface area contributed by atoms with Crippen molar-refractivity contribution in [1.82, 2.24) is 5.32 Å². The zero-order valence-electron chi connectivity index (χ0n) is 15.7. The number of benzene rings is 2. The first-order chi connectivity index (χ1) is 13.5. The molecule has 0 saturated heterocycles. The Labute approximate surface area is 163 Å². The number of hydrogen-bond acceptors (Lipinski definition) is 6. The number of nitrogens with one attached hydrogen (secondary N) is 1. The summed E-state index contributed by atoms with van der Waals surface area (Å²) in [5, 5.41) is 20.3. The first-order valence-electron chi connectivity index (χ1n) is 9.06. The summed E-state index contributed by atoms with van der Waals surface area (Å²) >= 11 is 0. The number of rotatable bonds is 9. The normalized spacial score (nSPS) is 12.7. The van der Waals surface area contributed by atoms with Gasteiger partial charge in [-0.25, -0.2) is 4.79 Å². The highest BCUT2D eigenvalue weighted by Crippen LogP contribution is 2.29. The molecule has 0 aliphatic heterocycles. The molecule has 0 unspecified atom stereocenters. The van der Waals surface area contributed by atoms with E-state index in [0.29, 0.717) is 23.3 Å². The van der Waals surface area contributed by atoms with Crippen molar-refractivity contribution in [3.8, 4) is 5.75 Å². The molecule has 0 heterocycles. The predicted molar refractivity (Wildman–Crippen MR) is 103 cm³/mol. The van der Waals surface area contributed by atoms with E-state index in [0.717, 1.165) is 0 Å². The van der Waals surface area contributed by atoms with Crippen LogP contribution in [0.1, 0.15) is 35.4 Å². The molecule has 0 bridgehead atoms. The van der Waals surface area contributed by atoms with Crippen LogP contribution >= 0.6 is 0 Å². The maximum atomic E-state index is 12.3. The number of aliphatic hydroxyl groups is 2. The van der Waals surface area contributed by atoms with Crippen LogP contribution in [-0.4, -0.2) is 42.0 Å². The van der Waals surface area contributed by atoms with Crippen LogP contribution in [0.25, 0.3) is 0 Å². The number of carbonyl (C=O) groups excluding carboxylic acids is 2. The van der Waals surface area contributed by atoms with Crippen molar-refractivity contribution >= 4 is 12.0 Å². The Kier molecular flexibility index (Phi) is 8.45. The number of ether oxygens (including phenoxy) is 2. The maximum Gasteiger partial charge on any atom is 0.414 e. The maximum absolute atomic E-state index is 12.3. The quantitative estimate of drug-likeness (QED) is 0.611. The van der Waals surface area contributed by atoms with E-state index >= 15 is 0 Å². The van der Waals surface area contributed by atoms with Gasteiger partial charge in [-0.2, -0.15) is 0 Å². The molecule has 2 rings (SSSR count). The number of aliphatic hydroxyl groups excluding tert-OH is 2. The van der Waals surface area contributed by atoms with Gasteiger partial charge in [0, 0.05) is 12.2 Å².